The van der Waals surface area contributed by atoms with Gasteiger partial charge in [0.1, 0.15) is 12.0 Å². The molecule has 1 aliphatic rings. The predicted octanol–water partition coefficient (Wildman–Crippen LogP) is 3.19. The van der Waals surface area contributed by atoms with Gasteiger partial charge in [-0.3, -0.25) is 14.5 Å². The van der Waals surface area contributed by atoms with Crippen LogP contribution in [0.5, 0.6) is 5.75 Å². The van der Waals surface area contributed by atoms with Crippen LogP contribution in [0.25, 0.3) is 0 Å². The number of amides is 2. The minimum atomic E-state index is -0.166. The molecule has 1 aliphatic heterocycles. The second-order valence-corrected chi connectivity index (χ2v) is 8.41. The summed E-state index contributed by atoms with van der Waals surface area (Å²) in [5.74, 6) is 1.17. The fourth-order valence-corrected chi connectivity index (χ4v) is 4.10. The molecule has 0 atom stereocenters. The zero-order chi connectivity index (χ0) is 23.9. The molecule has 0 radical (unpaired) electrons. The van der Waals surface area contributed by atoms with Crippen LogP contribution in [0, 0.1) is 0 Å². The Bertz CT molecular complexity index is 1110. The zero-order valence-electron chi connectivity index (χ0n) is 19.6. The first-order valence-corrected chi connectivity index (χ1v) is 11.4. The van der Waals surface area contributed by atoms with E-state index in [0.717, 1.165) is 11.3 Å². The van der Waals surface area contributed by atoms with E-state index in [4.69, 9.17) is 9.15 Å². The number of hydrogen-bond acceptors (Lipinski definition) is 6. The monoisotopic (exact) mass is 462 g/mol. The fourth-order valence-electron chi connectivity index (χ4n) is 4.10. The topological polar surface area (TPSA) is 79.1 Å². The van der Waals surface area contributed by atoms with Crippen LogP contribution < -0.4 is 4.74 Å². The number of rotatable bonds is 8. The summed E-state index contributed by atoms with van der Waals surface area (Å²) in [6.45, 7) is 5.45. The van der Waals surface area contributed by atoms with Gasteiger partial charge in [-0.1, -0.05) is 42.5 Å². The van der Waals surface area contributed by atoms with Crippen molar-refractivity contribution in [2.45, 2.75) is 26.6 Å². The van der Waals surface area contributed by atoms with Crippen molar-refractivity contribution < 1.29 is 18.7 Å². The Labute approximate surface area is 199 Å². The molecule has 0 N–H and O–H groups in total. The van der Waals surface area contributed by atoms with Gasteiger partial charge in [0.05, 0.1) is 13.7 Å². The van der Waals surface area contributed by atoms with Crippen molar-refractivity contribution in [3.05, 3.63) is 83.6 Å². The Morgan fingerprint density at radius 3 is 2.32 bits per heavy atom. The van der Waals surface area contributed by atoms with Gasteiger partial charge in [-0.2, -0.15) is 0 Å². The number of oxazole rings is 1. The highest BCUT2D eigenvalue weighted by Gasteiger charge is 2.25. The quantitative estimate of drug-likeness (QED) is 0.512. The van der Waals surface area contributed by atoms with E-state index in [1.807, 2.05) is 36.4 Å². The van der Waals surface area contributed by atoms with E-state index in [1.165, 1.54) is 11.8 Å². The number of hydrogen-bond donors (Lipinski definition) is 0. The molecule has 2 aromatic carbocycles. The SMILES string of the molecule is COc1cccc(CN(Cc2ccccc2)Cc2nc(C(=O)N3CCN(C(C)=O)CC3)co2)c1. The Morgan fingerprint density at radius 1 is 0.941 bits per heavy atom. The van der Waals surface area contributed by atoms with Gasteiger partial charge in [-0.25, -0.2) is 4.98 Å². The second kappa shape index (κ2) is 11.0. The molecule has 1 saturated heterocycles. The van der Waals surface area contributed by atoms with Gasteiger partial charge in [0, 0.05) is 46.2 Å². The van der Waals surface area contributed by atoms with Gasteiger partial charge >= 0.3 is 0 Å². The number of carbonyl (C=O) groups is 2. The lowest BCUT2D eigenvalue weighted by molar-refractivity contribution is -0.130. The van der Waals surface area contributed by atoms with E-state index >= 15 is 0 Å². The minimum absolute atomic E-state index is 0.0327. The van der Waals surface area contributed by atoms with Gasteiger partial charge < -0.3 is 19.0 Å². The number of carbonyl (C=O) groups excluding carboxylic acids is 2. The lowest BCUT2D eigenvalue weighted by Crippen LogP contribution is -2.50. The number of aromatic nitrogens is 1. The summed E-state index contributed by atoms with van der Waals surface area (Å²) in [4.78, 5) is 34.6. The molecule has 0 spiro atoms. The summed E-state index contributed by atoms with van der Waals surface area (Å²) in [6.07, 6.45) is 1.43. The standard InChI is InChI=1S/C26H30N4O4/c1-20(31)29-11-13-30(14-12-29)26(32)24-19-34-25(27-24)18-28(16-21-7-4-3-5-8-21)17-22-9-6-10-23(15-22)33-2/h3-10,15,19H,11-14,16-18H2,1-2H3. The van der Waals surface area contributed by atoms with Crippen LogP contribution in [0.4, 0.5) is 0 Å². The summed E-state index contributed by atoms with van der Waals surface area (Å²) < 4.78 is 11.1. The number of piperazine rings is 1. The minimum Gasteiger partial charge on any atom is -0.497 e. The van der Waals surface area contributed by atoms with Crippen molar-refractivity contribution in [1.82, 2.24) is 19.7 Å². The van der Waals surface area contributed by atoms with Gasteiger partial charge in [-0.05, 0) is 23.3 Å². The number of ether oxygens (including phenoxy) is 1. The summed E-state index contributed by atoms with van der Waals surface area (Å²) in [7, 11) is 1.66. The molecular weight excluding hydrogens is 432 g/mol. The van der Waals surface area contributed by atoms with Crippen LogP contribution in [0.3, 0.4) is 0 Å². The van der Waals surface area contributed by atoms with E-state index < -0.39 is 0 Å². The maximum Gasteiger partial charge on any atom is 0.275 e. The normalized spacial score (nSPS) is 13.9. The van der Waals surface area contributed by atoms with Crippen LogP contribution >= 0.6 is 0 Å². The van der Waals surface area contributed by atoms with Crippen LogP contribution in [-0.2, 0) is 24.4 Å². The largest absolute Gasteiger partial charge is 0.497 e. The highest BCUT2D eigenvalue weighted by Crippen LogP contribution is 2.18. The highest BCUT2D eigenvalue weighted by atomic mass is 16.5. The van der Waals surface area contributed by atoms with Crippen LogP contribution in [-0.4, -0.2) is 64.8 Å². The molecule has 2 amide bonds. The van der Waals surface area contributed by atoms with Crippen molar-refractivity contribution in [1.29, 1.82) is 0 Å². The molecule has 2 heterocycles. The van der Waals surface area contributed by atoms with Gasteiger partial charge in [-0.15, -0.1) is 0 Å². The first kappa shape index (κ1) is 23.5. The average molecular weight is 463 g/mol. The van der Waals surface area contributed by atoms with Crippen molar-refractivity contribution in [3.63, 3.8) is 0 Å². The molecule has 1 fully saturated rings. The Hall–Kier alpha value is -3.65. The van der Waals surface area contributed by atoms with Gasteiger partial charge in [0.25, 0.3) is 5.91 Å². The molecule has 0 aliphatic carbocycles. The number of nitrogens with zero attached hydrogens (tertiary/aromatic N) is 4. The molecule has 0 bridgehead atoms. The average Bonchev–Trinajstić information content (AvgIpc) is 3.32. The van der Waals surface area contributed by atoms with Crippen LogP contribution in [0.2, 0.25) is 0 Å². The summed E-state index contributed by atoms with van der Waals surface area (Å²) in [5, 5.41) is 0. The molecule has 4 rings (SSSR count). The van der Waals surface area contributed by atoms with Crippen LogP contribution in [0.15, 0.2) is 65.3 Å². The smallest absolute Gasteiger partial charge is 0.275 e. The Kier molecular flexibility index (Phi) is 7.59. The van der Waals surface area contributed by atoms with Crippen molar-refractivity contribution in [2.75, 3.05) is 33.3 Å². The maximum atomic E-state index is 12.9. The molecule has 34 heavy (non-hydrogen) atoms. The van der Waals surface area contributed by atoms with E-state index in [9.17, 15) is 9.59 Å². The Balaban J connectivity index is 1.45. The fraction of sp³-hybridized carbons (Fsp3) is 0.346. The number of methoxy groups -OCH3 is 1. The molecule has 0 saturated carbocycles. The molecule has 0 unspecified atom stereocenters. The molecular formula is C26H30N4O4. The zero-order valence-corrected chi connectivity index (χ0v) is 19.6. The summed E-state index contributed by atoms with van der Waals surface area (Å²) >= 11 is 0. The van der Waals surface area contributed by atoms with Crippen molar-refractivity contribution in [3.8, 4) is 5.75 Å². The van der Waals surface area contributed by atoms with E-state index in [-0.39, 0.29) is 11.8 Å². The van der Waals surface area contributed by atoms with E-state index in [1.54, 1.807) is 23.8 Å². The Morgan fingerprint density at radius 2 is 1.62 bits per heavy atom. The lowest BCUT2D eigenvalue weighted by atomic mass is 10.1. The predicted molar refractivity (Wildman–Crippen MR) is 127 cm³/mol. The summed E-state index contributed by atoms with van der Waals surface area (Å²) in [5.41, 5.74) is 2.59. The molecule has 8 nitrogen and oxygen atoms in total. The third kappa shape index (κ3) is 6.02. The third-order valence-corrected chi connectivity index (χ3v) is 5.93. The first-order valence-electron chi connectivity index (χ1n) is 11.4. The summed E-state index contributed by atoms with van der Waals surface area (Å²) in [6, 6.07) is 18.2. The molecule has 8 heteroatoms. The molecule has 178 valence electrons. The maximum absolute atomic E-state index is 12.9. The van der Waals surface area contributed by atoms with Crippen LogP contribution in [0.1, 0.15) is 34.4 Å². The van der Waals surface area contributed by atoms with Crippen molar-refractivity contribution in [2.24, 2.45) is 0 Å². The molecule has 1 aromatic heterocycles. The van der Waals surface area contributed by atoms with Gasteiger partial charge in [0.2, 0.25) is 11.8 Å². The second-order valence-electron chi connectivity index (χ2n) is 8.41. The molecule has 3 aromatic rings. The van der Waals surface area contributed by atoms with Crippen molar-refractivity contribution >= 4 is 11.8 Å². The highest BCUT2D eigenvalue weighted by molar-refractivity contribution is 5.92. The first-order chi connectivity index (χ1) is 16.5. The lowest BCUT2D eigenvalue weighted by Gasteiger charge is -2.33. The van der Waals surface area contributed by atoms with Gasteiger partial charge in [0.15, 0.2) is 5.69 Å². The van der Waals surface area contributed by atoms with E-state index in [2.05, 4.69) is 28.1 Å². The van der Waals surface area contributed by atoms with E-state index in [0.29, 0.717) is 57.4 Å². The number of benzene rings is 2. The third-order valence-electron chi connectivity index (χ3n) is 5.93.